The zero-order valence-electron chi connectivity index (χ0n) is 14.2. The largest absolute Gasteiger partial charge is 0.494 e. The number of hydrogen-bond acceptors (Lipinski definition) is 4. The monoisotopic (exact) mass is 358 g/mol. The molecule has 0 spiro atoms. The highest BCUT2D eigenvalue weighted by molar-refractivity contribution is 7.10. The smallest absolute Gasteiger partial charge is 0.247 e. The normalized spacial score (nSPS) is 16.7. The highest BCUT2D eigenvalue weighted by Gasteiger charge is 2.34. The van der Waals surface area contributed by atoms with E-state index in [9.17, 15) is 9.59 Å². The maximum atomic E-state index is 12.6. The summed E-state index contributed by atoms with van der Waals surface area (Å²) >= 11 is 1.57. The van der Waals surface area contributed by atoms with E-state index in [0.29, 0.717) is 31.7 Å². The SMILES string of the molecule is CCOc1ccc(NC(=O)C2CCCN2C(=O)Cc2cccs2)cc1. The Hall–Kier alpha value is -2.34. The Balaban J connectivity index is 1.61. The molecule has 0 radical (unpaired) electrons. The maximum absolute atomic E-state index is 12.6. The van der Waals surface area contributed by atoms with Gasteiger partial charge in [0.15, 0.2) is 0 Å². The maximum Gasteiger partial charge on any atom is 0.247 e. The first-order valence-electron chi connectivity index (χ1n) is 8.53. The van der Waals surface area contributed by atoms with Gasteiger partial charge in [0.05, 0.1) is 13.0 Å². The van der Waals surface area contributed by atoms with Gasteiger partial charge in [0.1, 0.15) is 11.8 Å². The minimum Gasteiger partial charge on any atom is -0.494 e. The van der Waals surface area contributed by atoms with Gasteiger partial charge in [-0.3, -0.25) is 9.59 Å². The zero-order valence-corrected chi connectivity index (χ0v) is 15.1. The van der Waals surface area contributed by atoms with Crippen LogP contribution in [-0.2, 0) is 16.0 Å². The van der Waals surface area contributed by atoms with E-state index in [2.05, 4.69) is 5.32 Å². The van der Waals surface area contributed by atoms with Crippen LogP contribution in [0.25, 0.3) is 0 Å². The molecule has 1 aliphatic heterocycles. The Morgan fingerprint density at radius 2 is 2.08 bits per heavy atom. The molecule has 132 valence electrons. The molecule has 2 amide bonds. The van der Waals surface area contributed by atoms with Crippen LogP contribution in [0.2, 0.25) is 0 Å². The molecule has 2 heterocycles. The first-order valence-corrected chi connectivity index (χ1v) is 9.41. The van der Waals surface area contributed by atoms with Gasteiger partial charge in [-0.25, -0.2) is 0 Å². The molecule has 6 heteroatoms. The predicted octanol–water partition coefficient (Wildman–Crippen LogP) is 3.32. The van der Waals surface area contributed by atoms with Crippen molar-refractivity contribution in [1.82, 2.24) is 4.90 Å². The van der Waals surface area contributed by atoms with Crippen LogP contribution in [0.15, 0.2) is 41.8 Å². The van der Waals surface area contributed by atoms with Crippen LogP contribution >= 0.6 is 11.3 Å². The Labute approximate surface area is 151 Å². The van der Waals surface area contributed by atoms with Crippen LogP contribution in [0.4, 0.5) is 5.69 Å². The molecule has 1 unspecified atom stereocenters. The second kappa shape index (κ2) is 8.16. The van der Waals surface area contributed by atoms with Crippen LogP contribution in [0, 0.1) is 0 Å². The molecule has 1 aromatic carbocycles. The summed E-state index contributed by atoms with van der Waals surface area (Å²) in [6.07, 6.45) is 1.93. The van der Waals surface area contributed by atoms with Crippen molar-refractivity contribution in [3.05, 3.63) is 46.7 Å². The van der Waals surface area contributed by atoms with Gasteiger partial charge in [-0.2, -0.15) is 0 Å². The van der Waals surface area contributed by atoms with Crippen molar-refractivity contribution in [2.24, 2.45) is 0 Å². The molecular formula is C19H22N2O3S. The average molecular weight is 358 g/mol. The molecule has 1 aliphatic rings. The zero-order chi connectivity index (χ0) is 17.6. The van der Waals surface area contributed by atoms with Crippen LogP contribution in [0.3, 0.4) is 0 Å². The molecule has 1 aromatic heterocycles. The van der Waals surface area contributed by atoms with E-state index in [1.807, 2.05) is 48.7 Å². The van der Waals surface area contributed by atoms with Crippen LogP contribution in [0.1, 0.15) is 24.6 Å². The van der Waals surface area contributed by atoms with E-state index in [-0.39, 0.29) is 17.9 Å². The third-order valence-electron chi connectivity index (χ3n) is 4.21. The van der Waals surface area contributed by atoms with Gasteiger partial charge in [0, 0.05) is 17.1 Å². The average Bonchev–Trinajstić information content (AvgIpc) is 3.28. The van der Waals surface area contributed by atoms with Crippen molar-refractivity contribution < 1.29 is 14.3 Å². The molecule has 5 nitrogen and oxygen atoms in total. The predicted molar refractivity (Wildman–Crippen MR) is 99.0 cm³/mol. The summed E-state index contributed by atoms with van der Waals surface area (Å²) in [5.74, 6) is 0.669. The quantitative estimate of drug-likeness (QED) is 0.862. The number of rotatable bonds is 6. The lowest BCUT2D eigenvalue weighted by Crippen LogP contribution is -2.43. The van der Waals surface area contributed by atoms with Gasteiger partial charge in [0.25, 0.3) is 0 Å². The molecule has 25 heavy (non-hydrogen) atoms. The highest BCUT2D eigenvalue weighted by atomic mass is 32.1. The van der Waals surface area contributed by atoms with Gasteiger partial charge in [-0.1, -0.05) is 6.07 Å². The standard InChI is InChI=1S/C19H22N2O3S/c1-2-24-15-9-7-14(8-10-15)20-19(23)17-6-3-11-21(17)18(22)13-16-5-4-12-25-16/h4-5,7-10,12,17H,2-3,6,11,13H2,1H3,(H,20,23). The number of hydrogen-bond donors (Lipinski definition) is 1. The first kappa shape index (κ1) is 17.5. The summed E-state index contributed by atoms with van der Waals surface area (Å²) in [5.41, 5.74) is 0.714. The van der Waals surface area contributed by atoms with E-state index >= 15 is 0 Å². The number of anilines is 1. The molecule has 0 bridgehead atoms. The summed E-state index contributed by atoms with van der Waals surface area (Å²) < 4.78 is 5.40. The summed E-state index contributed by atoms with van der Waals surface area (Å²) in [6, 6.07) is 10.8. The van der Waals surface area contributed by atoms with Crippen molar-refractivity contribution in [2.45, 2.75) is 32.2 Å². The summed E-state index contributed by atoms with van der Waals surface area (Å²) in [4.78, 5) is 27.9. The molecule has 3 rings (SSSR count). The summed E-state index contributed by atoms with van der Waals surface area (Å²) in [7, 11) is 0. The minimum absolute atomic E-state index is 0.0202. The van der Waals surface area contributed by atoms with Gasteiger partial charge < -0.3 is 15.0 Å². The fourth-order valence-corrected chi connectivity index (χ4v) is 3.72. The van der Waals surface area contributed by atoms with Crippen molar-refractivity contribution in [2.75, 3.05) is 18.5 Å². The first-order chi connectivity index (χ1) is 12.2. The molecule has 0 saturated carbocycles. The molecule has 1 saturated heterocycles. The summed E-state index contributed by atoms with van der Waals surface area (Å²) in [5, 5.41) is 4.87. The Bertz CT molecular complexity index is 713. The summed E-state index contributed by atoms with van der Waals surface area (Å²) in [6.45, 7) is 3.18. The van der Waals surface area contributed by atoms with Gasteiger partial charge in [-0.15, -0.1) is 11.3 Å². The van der Waals surface area contributed by atoms with Gasteiger partial charge in [0.2, 0.25) is 11.8 Å². The fraction of sp³-hybridized carbons (Fsp3) is 0.368. The second-order valence-electron chi connectivity index (χ2n) is 5.95. The van der Waals surface area contributed by atoms with E-state index in [1.165, 1.54) is 0 Å². The molecule has 1 atom stereocenters. The van der Waals surface area contributed by atoms with Crippen molar-refractivity contribution >= 4 is 28.8 Å². The third-order valence-corrected chi connectivity index (χ3v) is 5.09. The molecule has 2 aromatic rings. The number of likely N-dealkylation sites (tertiary alicyclic amines) is 1. The number of amides is 2. The van der Waals surface area contributed by atoms with Crippen LogP contribution in [0.5, 0.6) is 5.75 Å². The Morgan fingerprint density at radius 3 is 2.76 bits per heavy atom. The second-order valence-corrected chi connectivity index (χ2v) is 6.98. The molecule has 1 N–H and O–H groups in total. The van der Waals surface area contributed by atoms with E-state index in [4.69, 9.17) is 4.74 Å². The van der Waals surface area contributed by atoms with E-state index in [1.54, 1.807) is 16.2 Å². The van der Waals surface area contributed by atoms with Crippen molar-refractivity contribution in [3.8, 4) is 5.75 Å². The molecular weight excluding hydrogens is 336 g/mol. The van der Waals surface area contributed by atoms with Gasteiger partial charge in [-0.05, 0) is 55.5 Å². The van der Waals surface area contributed by atoms with Crippen LogP contribution < -0.4 is 10.1 Å². The van der Waals surface area contributed by atoms with Crippen molar-refractivity contribution in [1.29, 1.82) is 0 Å². The lowest BCUT2D eigenvalue weighted by atomic mass is 10.2. The fourth-order valence-electron chi connectivity index (χ4n) is 3.03. The Morgan fingerprint density at radius 1 is 1.28 bits per heavy atom. The lowest BCUT2D eigenvalue weighted by Gasteiger charge is -2.24. The highest BCUT2D eigenvalue weighted by Crippen LogP contribution is 2.22. The van der Waals surface area contributed by atoms with Crippen molar-refractivity contribution in [3.63, 3.8) is 0 Å². The number of carbonyl (C=O) groups is 2. The van der Waals surface area contributed by atoms with Crippen LogP contribution in [-0.4, -0.2) is 35.9 Å². The van der Waals surface area contributed by atoms with E-state index in [0.717, 1.165) is 17.0 Å². The molecule has 0 aliphatic carbocycles. The Kier molecular flexibility index (Phi) is 5.71. The van der Waals surface area contributed by atoms with Gasteiger partial charge >= 0.3 is 0 Å². The number of nitrogens with zero attached hydrogens (tertiary/aromatic N) is 1. The molecule has 1 fully saturated rings. The van der Waals surface area contributed by atoms with E-state index < -0.39 is 0 Å². The lowest BCUT2D eigenvalue weighted by molar-refractivity contribution is -0.136. The topological polar surface area (TPSA) is 58.6 Å². The number of benzene rings is 1. The number of nitrogens with one attached hydrogen (secondary N) is 1. The third kappa shape index (κ3) is 4.39. The minimum atomic E-state index is -0.390. The number of thiophene rings is 1. The number of ether oxygens (including phenoxy) is 1. The number of carbonyl (C=O) groups excluding carboxylic acids is 2.